The third-order valence-corrected chi connectivity index (χ3v) is 4.64. The largest absolute Gasteiger partial charge is 0.508 e. The lowest BCUT2D eigenvalue weighted by molar-refractivity contribution is 0.474. The zero-order valence-corrected chi connectivity index (χ0v) is 15.8. The second-order valence-corrected chi connectivity index (χ2v) is 7.01. The van der Waals surface area contributed by atoms with Crippen LogP contribution < -0.4 is 9.80 Å². The molecule has 26 heavy (non-hydrogen) atoms. The smallest absolute Gasteiger partial charge is 0.115 e. The van der Waals surface area contributed by atoms with Gasteiger partial charge in [0.2, 0.25) is 0 Å². The Morgan fingerprint density at radius 3 is 1.46 bits per heavy atom. The summed E-state index contributed by atoms with van der Waals surface area (Å²) in [5.74, 6) is 0.349. The molecule has 3 heteroatoms. The Morgan fingerprint density at radius 2 is 1.04 bits per heavy atom. The summed E-state index contributed by atoms with van der Waals surface area (Å²) >= 11 is 0. The molecule has 0 unspecified atom stereocenters. The fourth-order valence-electron chi connectivity index (χ4n) is 3.25. The van der Waals surface area contributed by atoms with E-state index in [0.29, 0.717) is 5.75 Å². The molecule has 0 fully saturated rings. The number of anilines is 2. The van der Waals surface area contributed by atoms with Crippen LogP contribution in [0.4, 0.5) is 11.4 Å². The molecule has 0 aliphatic heterocycles. The van der Waals surface area contributed by atoms with Crippen LogP contribution in [-0.4, -0.2) is 33.3 Å². The first kappa shape index (κ1) is 17.9. The lowest BCUT2D eigenvalue weighted by Gasteiger charge is -2.23. The van der Waals surface area contributed by atoms with Gasteiger partial charge in [-0.3, -0.25) is 0 Å². The molecule has 0 amide bonds. The Morgan fingerprint density at radius 1 is 0.615 bits per heavy atom. The van der Waals surface area contributed by atoms with E-state index in [4.69, 9.17) is 0 Å². The van der Waals surface area contributed by atoms with Gasteiger partial charge in [-0.15, -0.1) is 0 Å². The van der Waals surface area contributed by atoms with Gasteiger partial charge in [-0.1, -0.05) is 36.4 Å². The van der Waals surface area contributed by atoms with Crippen LogP contribution in [0.15, 0.2) is 72.8 Å². The highest BCUT2D eigenvalue weighted by atomic mass is 16.3. The number of aromatic hydroxyl groups is 1. The van der Waals surface area contributed by atoms with E-state index in [-0.39, 0.29) is 5.92 Å². The number of rotatable bonds is 5. The first-order chi connectivity index (χ1) is 12.5. The molecule has 0 spiro atoms. The van der Waals surface area contributed by atoms with Crippen molar-refractivity contribution in [2.45, 2.75) is 5.92 Å². The van der Waals surface area contributed by atoms with Crippen molar-refractivity contribution >= 4 is 11.4 Å². The van der Waals surface area contributed by atoms with E-state index in [1.165, 1.54) is 11.1 Å². The Balaban J connectivity index is 2.17. The molecule has 0 saturated carbocycles. The van der Waals surface area contributed by atoms with Gasteiger partial charge in [0.05, 0.1) is 0 Å². The van der Waals surface area contributed by atoms with Gasteiger partial charge < -0.3 is 14.9 Å². The highest BCUT2D eigenvalue weighted by Crippen LogP contribution is 2.36. The second kappa shape index (κ2) is 7.52. The van der Waals surface area contributed by atoms with Crippen molar-refractivity contribution in [1.82, 2.24) is 0 Å². The quantitative estimate of drug-likeness (QED) is 0.678. The summed E-state index contributed by atoms with van der Waals surface area (Å²) in [7, 11) is 8.20. The van der Waals surface area contributed by atoms with E-state index >= 15 is 0 Å². The lowest BCUT2D eigenvalue weighted by atomic mass is 9.84. The minimum Gasteiger partial charge on any atom is -0.508 e. The van der Waals surface area contributed by atoms with Crippen LogP contribution in [0.25, 0.3) is 0 Å². The topological polar surface area (TPSA) is 26.7 Å². The average molecular weight is 346 g/mol. The fourth-order valence-corrected chi connectivity index (χ4v) is 3.25. The molecule has 3 rings (SSSR count). The Bertz CT molecular complexity index is 835. The standard InChI is InChI=1S/C23H26N2O/c1-24(2)20-11-5-8-17(14-20)23(19-10-7-13-22(26)16-19)18-9-6-12-21(15-18)25(3)4/h5-16,23,26H,1-4H3. The zero-order chi connectivity index (χ0) is 18.7. The van der Waals surface area contributed by atoms with Gasteiger partial charge in [0, 0.05) is 45.5 Å². The summed E-state index contributed by atoms with van der Waals surface area (Å²) in [5, 5.41) is 10.0. The summed E-state index contributed by atoms with van der Waals surface area (Å²) in [6.07, 6.45) is 0. The van der Waals surface area contributed by atoms with Gasteiger partial charge in [-0.25, -0.2) is 0 Å². The normalized spacial score (nSPS) is 10.8. The van der Waals surface area contributed by atoms with E-state index in [1.54, 1.807) is 6.07 Å². The van der Waals surface area contributed by atoms with E-state index in [0.717, 1.165) is 16.9 Å². The molecule has 0 saturated heterocycles. The number of phenolic OH excluding ortho intramolecular Hbond substituents is 1. The molecule has 0 radical (unpaired) electrons. The van der Waals surface area contributed by atoms with Gasteiger partial charge in [0.25, 0.3) is 0 Å². The lowest BCUT2D eigenvalue weighted by Crippen LogP contribution is -2.11. The predicted molar refractivity (Wildman–Crippen MR) is 111 cm³/mol. The molecule has 0 aromatic heterocycles. The highest BCUT2D eigenvalue weighted by Gasteiger charge is 2.18. The number of nitrogens with zero attached hydrogens (tertiary/aromatic N) is 2. The summed E-state index contributed by atoms with van der Waals surface area (Å²) in [6, 6.07) is 24.7. The molecule has 3 aromatic carbocycles. The number of benzene rings is 3. The molecule has 0 heterocycles. The van der Waals surface area contributed by atoms with Crippen molar-refractivity contribution < 1.29 is 5.11 Å². The third kappa shape index (κ3) is 3.83. The molecule has 0 bridgehead atoms. The van der Waals surface area contributed by atoms with E-state index in [1.807, 2.05) is 12.1 Å². The van der Waals surface area contributed by atoms with Crippen molar-refractivity contribution in [3.05, 3.63) is 89.5 Å². The molecule has 0 aliphatic carbocycles. The van der Waals surface area contributed by atoms with Gasteiger partial charge in [0.1, 0.15) is 5.75 Å². The van der Waals surface area contributed by atoms with E-state index in [9.17, 15) is 5.11 Å². The Hall–Kier alpha value is -2.94. The molecule has 3 aromatic rings. The van der Waals surface area contributed by atoms with E-state index < -0.39 is 0 Å². The van der Waals surface area contributed by atoms with Crippen molar-refractivity contribution in [2.75, 3.05) is 38.0 Å². The summed E-state index contributed by atoms with van der Waals surface area (Å²) < 4.78 is 0. The molecular formula is C23H26N2O. The first-order valence-electron chi connectivity index (χ1n) is 8.79. The van der Waals surface area contributed by atoms with Crippen LogP contribution in [-0.2, 0) is 0 Å². The average Bonchev–Trinajstić information content (AvgIpc) is 2.62. The maximum atomic E-state index is 10.0. The number of phenols is 1. The monoisotopic (exact) mass is 346 g/mol. The molecule has 1 N–H and O–H groups in total. The molecule has 0 aliphatic rings. The van der Waals surface area contributed by atoms with E-state index in [2.05, 4.69) is 92.6 Å². The van der Waals surface area contributed by atoms with Crippen molar-refractivity contribution in [2.24, 2.45) is 0 Å². The van der Waals surface area contributed by atoms with Gasteiger partial charge >= 0.3 is 0 Å². The van der Waals surface area contributed by atoms with Crippen LogP contribution in [0.5, 0.6) is 5.75 Å². The maximum Gasteiger partial charge on any atom is 0.115 e. The molecule has 134 valence electrons. The predicted octanol–water partition coefficient (Wildman–Crippen LogP) is 4.70. The van der Waals surface area contributed by atoms with Crippen LogP contribution in [0.3, 0.4) is 0 Å². The summed E-state index contributed by atoms with van der Waals surface area (Å²) in [4.78, 5) is 4.22. The van der Waals surface area contributed by atoms with Gasteiger partial charge in [0.15, 0.2) is 0 Å². The van der Waals surface area contributed by atoms with Crippen molar-refractivity contribution in [3.8, 4) is 5.75 Å². The molecule has 0 atom stereocenters. The SMILES string of the molecule is CN(C)c1cccc(C(c2cccc(O)c2)c2cccc(N(C)C)c2)c1. The number of hydrogen-bond donors (Lipinski definition) is 1. The van der Waals surface area contributed by atoms with Gasteiger partial charge in [-0.05, 0) is 53.1 Å². The molecular weight excluding hydrogens is 320 g/mol. The zero-order valence-electron chi connectivity index (χ0n) is 15.8. The fraction of sp³-hybridized carbons (Fsp3) is 0.217. The third-order valence-electron chi connectivity index (χ3n) is 4.64. The van der Waals surface area contributed by atoms with Crippen LogP contribution in [0, 0.1) is 0 Å². The minimum atomic E-state index is 0.0573. The minimum absolute atomic E-state index is 0.0573. The highest BCUT2D eigenvalue weighted by molar-refractivity contribution is 5.56. The van der Waals surface area contributed by atoms with Crippen molar-refractivity contribution in [1.29, 1.82) is 0 Å². The maximum absolute atomic E-state index is 10.0. The van der Waals surface area contributed by atoms with Crippen LogP contribution in [0.1, 0.15) is 22.6 Å². The summed E-state index contributed by atoms with van der Waals surface area (Å²) in [5.41, 5.74) is 5.82. The van der Waals surface area contributed by atoms with Gasteiger partial charge in [-0.2, -0.15) is 0 Å². The number of hydrogen-bond acceptors (Lipinski definition) is 3. The summed E-state index contributed by atoms with van der Waals surface area (Å²) in [6.45, 7) is 0. The van der Waals surface area contributed by atoms with Crippen LogP contribution >= 0.6 is 0 Å². The Labute approximate surface area is 156 Å². The molecule has 3 nitrogen and oxygen atoms in total. The Kier molecular flexibility index (Phi) is 5.17. The van der Waals surface area contributed by atoms with Crippen molar-refractivity contribution in [3.63, 3.8) is 0 Å². The second-order valence-electron chi connectivity index (χ2n) is 7.01. The van der Waals surface area contributed by atoms with Crippen LogP contribution in [0.2, 0.25) is 0 Å². The first-order valence-corrected chi connectivity index (χ1v) is 8.79.